The molecule has 1 aromatic carbocycles. The topological polar surface area (TPSA) is 84.1 Å². The van der Waals surface area contributed by atoms with Gasteiger partial charge >= 0.3 is 6.01 Å². The number of amides is 1. The van der Waals surface area contributed by atoms with Crippen LogP contribution in [-0.2, 0) is 0 Å². The van der Waals surface area contributed by atoms with Crippen molar-refractivity contribution in [2.24, 2.45) is 5.92 Å². The number of hydrogen-bond acceptors (Lipinski definition) is 6. The number of fused-ring (bicyclic) bond motifs is 1. The molecule has 0 spiro atoms. The lowest BCUT2D eigenvalue weighted by Crippen LogP contribution is -2.39. The molecule has 1 amide bonds. The van der Waals surface area contributed by atoms with E-state index in [4.69, 9.17) is 4.42 Å². The fourth-order valence-corrected chi connectivity index (χ4v) is 3.30. The maximum Gasteiger partial charge on any atom is 0.302 e. The summed E-state index contributed by atoms with van der Waals surface area (Å²) in [6, 6.07) is 7.84. The van der Waals surface area contributed by atoms with Crippen molar-refractivity contribution >= 4 is 29.0 Å². The largest absolute Gasteiger partial charge is 0.423 e. The van der Waals surface area contributed by atoms with Gasteiger partial charge in [0.05, 0.1) is 11.3 Å². The van der Waals surface area contributed by atoms with Crippen molar-refractivity contribution in [1.82, 2.24) is 19.9 Å². The monoisotopic (exact) mass is 351 g/mol. The Morgan fingerprint density at radius 1 is 1.31 bits per heavy atom. The van der Waals surface area contributed by atoms with Gasteiger partial charge < -0.3 is 9.32 Å². The van der Waals surface area contributed by atoms with Gasteiger partial charge in [0.15, 0.2) is 5.58 Å². The van der Waals surface area contributed by atoms with Gasteiger partial charge in [-0.05, 0) is 37.8 Å². The number of anilines is 2. The van der Waals surface area contributed by atoms with Crippen molar-refractivity contribution in [2.45, 2.75) is 26.7 Å². The van der Waals surface area contributed by atoms with Crippen LogP contribution in [0.25, 0.3) is 11.1 Å². The molecular weight excluding hydrogens is 330 g/mol. The minimum absolute atomic E-state index is 0.00228. The second-order valence-electron chi connectivity index (χ2n) is 6.80. The molecule has 1 saturated heterocycles. The number of hydrogen-bond donors (Lipinski definition) is 1. The van der Waals surface area contributed by atoms with Crippen LogP contribution >= 0.6 is 0 Å². The smallest absolute Gasteiger partial charge is 0.302 e. The van der Waals surface area contributed by atoms with Crippen molar-refractivity contribution < 1.29 is 9.21 Å². The Hall–Kier alpha value is -2.96. The molecule has 0 radical (unpaired) electrons. The van der Waals surface area contributed by atoms with Gasteiger partial charge in [-0.25, -0.2) is 9.97 Å². The van der Waals surface area contributed by atoms with E-state index in [0.29, 0.717) is 34.7 Å². The van der Waals surface area contributed by atoms with Crippen molar-refractivity contribution in [3.63, 3.8) is 0 Å². The van der Waals surface area contributed by atoms with Gasteiger partial charge in [0.1, 0.15) is 5.52 Å². The van der Waals surface area contributed by atoms with Crippen LogP contribution in [-0.4, -0.2) is 38.8 Å². The predicted molar refractivity (Wildman–Crippen MR) is 98.4 cm³/mol. The highest BCUT2D eigenvalue weighted by Gasteiger charge is 2.24. The quantitative estimate of drug-likeness (QED) is 0.777. The number of likely N-dealkylation sites (tertiary alicyclic amines) is 1. The zero-order valence-electron chi connectivity index (χ0n) is 14.9. The molecular formula is C19H21N5O2. The third-order valence-electron chi connectivity index (χ3n) is 4.67. The Morgan fingerprint density at radius 2 is 2.15 bits per heavy atom. The number of nitrogens with one attached hydrogen (secondary N) is 1. The fourth-order valence-electron chi connectivity index (χ4n) is 3.30. The molecule has 3 heterocycles. The lowest BCUT2D eigenvalue weighted by atomic mass is 9.99. The molecule has 1 aliphatic heterocycles. The van der Waals surface area contributed by atoms with E-state index in [1.54, 1.807) is 6.20 Å². The number of carbonyl (C=O) groups excluding carboxylic acids is 1. The Balaban J connectivity index is 1.52. The number of rotatable bonds is 3. The van der Waals surface area contributed by atoms with Crippen LogP contribution in [0, 0.1) is 12.8 Å². The molecule has 0 saturated carbocycles. The van der Waals surface area contributed by atoms with Gasteiger partial charge in [-0.3, -0.25) is 10.1 Å². The first-order valence-electron chi connectivity index (χ1n) is 8.85. The average molecular weight is 351 g/mol. The van der Waals surface area contributed by atoms with Crippen LogP contribution in [0.4, 0.5) is 12.0 Å². The number of benzene rings is 1. The molecule has 26 heavy (non-hydrogen) atoms. The number of oxazole rings is 1. The minimum atomic E-state index is 0.00228. The molecule has 4 rings (SSSR count). The van der Waals surface area contributed by atoms with E-state index in [1.165, 1.54) is 6.42 Å². The number of aromatic nitrogens is 3. The highest BCUT2D eigenvalue weighted by atomic mass is 16.4. The van der Waals surface area contributed by atoms with E-state index in [9.17, 15) is 4.79 Å². The van der Waals surface area contributed by atoms with Gasteiger partial charge in [0.2, 0.25) is 5.95 Å². The first-order valence-corrected chi connectivity index (χ1v) is 8.85. The molecule has 0 aliphatic carbocycles. The molecule has 7 nitrogen and oxygen atoms in total. The zero-order valence-corrected chi connectivity index (χ0v) is 14.9. The molecule has 2 aromatic heterocycles. The van der Waals surface area contributed by atoms with E-state index < -0.39 is 0 Å². The number of para-hydroxylation sites is 2. The molecule has 1 fully saturated rings. The van der Waals surface area contributed by atoms with Crippen LogP contribution in [0.2, 0.25) is 0 Å². The Morgan fingerprint density at radius 3 is 2.92 bits per heavy atom. The van der Waals surface area contributed by atoms with Gasteiger partial charge in [-0.15, -0.1) is 0 Å². The molecule has 7 heteroatoms. The molecule has 134 valence electrons. The minimum Gasteiger partial charge on any atom is -0.423 e. The summed E-state index contributed by atoms with van der Waals surface area (Å²) in [7, 11) is 0. The summed E-state index contributed by atoms with van der Waals surface area (Å²) in [6.45, 7) is 5.59. The highest BCUT2D eigenvalue weighted by Crippen LogP contribution is 2.22. The van der Waals surface area contributed by atoms with Gasteiger partial charge in [-0.1, -0.05) is 19.1 Å². The van der Waals surface area contributed by atoms with Crippen molar-refractivity contribution in [3.05, 3.63) is 41.7 Å². The van der Waals surface area contributed by atoms with Gasteiger partial charge in [0, 0.05) is 19.3 Å². The van der Waals surface area contributed by atoms with E-state index in [1.807, 2.05) is 36.1 Å². The summed E-state index contributed by atoms with van der Waals surface area (Å²) in [5, 5.41) is 2.96. The summed E-state index contributed by atoms with van der Waals surface area (Å²) < 4.78 is 5.62. The molecule has 1 atom stereocenters. The van der Waals surface area contributed by atoms with Crippen molar-refractivity contribution in [2.75, 3.05) is 18.4 Å². The lowest BCUT2D eigenvalue weighted by Gasteiger charge is -2.31. The van der Waals surface area contributed by atoms with Crippen molar-refractivity contribution in [1.29, 1.82) is 0 Å². The highest BCUT2D eigenvalue weighted by molar-refractivity contribution is 5.95. The molecule has 1 N–H and O–H groups in total. The van der Waals surface area contributed by atoms with Crippen LogP contribution in [0.15, 0.2) is 34.9 Å². The van der Waals surface area contributed by atoms with Crippen LogP contribution in [0.1, 0.15) is 35.8 Å². The summed E-state index contributed by atoms with van der Waals surface area (Å²) >= 11 is 0. The van der Waals surface area contributed by atoms with Crippen LogP contribution in [0.5, 0.6) is 0 Å². The van der Waals surface area contributed by atoms with Gasteiger partial charge in [-0.2, -0.15) is 4.98 Å². The van der Waals surface area contributed by atoms with E-state index >= 15 is 0 Å². The Labute approximate surface area is 151 Å². The molecule has 1 unspecified atom stereocenters. The third kappa shape index (κ3) is 3.24. The Bertz CT molecular complexity index is 919. The number of piperidine rings is 1. The summed E-state index contributed by atoms with van der Waals surface area (Å²) in [4.78, 5) is 27.7. The maximum absolute atomic E-state index is 12.7. The van der Waals surface area contributed by atoms with Crippen LogP contribution in [0.3, 0.4) is 0 Å². The SMILES string of the molecule is Cc1nc(Nc2nc3ccccc3o2)ncc1C(=O)N1CCCC(C)C1. The van der Waals surface area contributed by atoms with E-state index in [0.717, 1.165) is 25.0 Å². The first kappa shape index (κ1) is 16.5. The number of carbonyl (C=O) groups is 1. The standard InChI is InChI=1S/C19H21N5O2/c1-12-6-5-9-24(11-12)17(25)14-10-20-18(21-13(14)2)23-19-22-15-7-3-4-8-16(15)26-19/h3-4,7-8,10,12H,5-6,9,11H2,1-2H3,(H,20,21,22,23). The molecule has 1 aliphatic rings. The van der Waals surface area contributed by atoms with Crippen LogP contribution < -0.4 is 5.32 Å². The Kier molecular flexibility index (Phi) is 4.28. The molecule has 3 aromatic rings. The van der Waals surface area contributed by atoms with E-state index in [2.05, 4.69) is 27.2 Å². The summed E-state index contributed by atoms with van der Waals surface area (Å²) in [5.41, 5.74) is 2.64. The zero-order chi connectivity index (χ0) is 18.1. The lowest BCUT2D eigenvalue weighted by molar-refractivity contribution is 0.0681. The van der Waals surface area contributed by atoms with Crippen molar-refractivity contribution in [3.8, 4) is 0 Å². The third-order valence-corrected chi connectivity index (χ3v) is 4.67. The second kappa shape index (κ2) is 6.74. The normalized spacial score (nSPS) is 17.5. The summed E-state index contributed by atoms with van der Waals surface area (Å²) in [6.07, 6.45) is 3.80. The second-order valence-corrected chi connectivity index (χ2v) is 6.80. The summed E-state index contributed by atoms with van der Waals surface area (Å²) in [5.74, 6) is 0.897. The molecule has 0 bridgehead atoms. The van der Waals surface area contributed by atoms with Gasteiger partial charge in [0.25, 0.3) is 5.91 Å². The van der Waals surface area contributed by atoms with E-state index in [-0.39, 0.29) is 5.91 Å². The average Bonchev–Trinajstić information content (AvgIpc) is 3.03. The first-order chi connectivity index (χ1) is 12.6. The predicted octanol–water partition coefficient (Wildman–Crippen LogP) is 3.54. The number of aryl methyl sites for hydroxylation is 1. The fraction of sp³-hybridized carbons (Fsp3) is 0.368. The number of nitrogens with zero attached hydrogens (tertiary/aromatic N) is 4. The maximum atomic E-state index is 12.7.